The topological polar surface area (TPSA) is 86.8 Å². The van der Waals surface area contributed by atoms with E-state index in [0.717, 1.165) is 31.7 Å². The number of nitrogens with zero attached hydrogens (tertiary/aromatic N) is 3. The summed E-state index contributed by atoms with van der Waals surface area (Å²) in [5, 5.41) is 5.88. The zero-order valence-corrected chi connectivity index (χ0v) is 14.5. The van der Waals surface area contributed by atoms with E-state index in [1.807, 2.05) is 12.1 Å². The van der Waals surface area contributed by atoms with Crippen LogP contribution in [0.5, 0.6) is 0 Å². The number of nitrogens with one attached hydrogen (secondary N) is 2. The molecule has 0 bridgehead atoms. The first-order valence-electron chi connectivity index (χ1n) is 8.74. The van der Waals surface area contributed by atoms with Crippen LogP contribution >= 0.6 is 0 Å². The number of anilines is 2. The highest BCUT2D eigenvalue weighted by Gasteiger charge is 2.25. The van der Waals surface area contributed by atoms with Crippen molar-refractivity contribution in [2.75, 3.05) is 49.6 Å². The second-order valence-electron chi connectivity index (χ2n) is 6.39. The molecule has 0 unspecified atom stereocenters. The average molecular weight is 347 g/mol. The maximum absolute atomic E-state index is 12.7. The van der Waals surface area contributed by atoms with Gasteiger partial charge in [0.05, 0.1) is 18.9 Å². The summed E-state index contributed by atoms with van der Waals surface area (Å²) in [5.74, 6) is 0.712. The normalized spacial score (nSPS) is 20.9. The van der Waals surface area contributed by atoms with Crippen LogP contribution in [0.2, 0.25) is 0 Å². The van der Waals surface area contributed by atoms with E-state index in [4.69, 9.17) is 4.74 Å². The third kappa shape index (κ3) is 4.60. The number of ether oxygens (including phenoxy) is 1. The standard InChI is InChI=1S/C17H25N5O3/c1-13(23)19-14-4-3-7-22(12-14)17(24)20-15-5-2-6-18-16(15)21-8-10-25-11-9-21/h2,5-6,14H,3-4,7-12H2,1H3,(H,19,23)(H,20,24)/t14-/m0/s1. The van der Waals surface area contributed by atoms with E-state index in [-0.39, 0.29) is 18.0 Å². The van der Waals surface area contributed by atoms with Crippen LogP contribution in [0.25, 0.3) is 0 Å². The molecule has 0 aromatic carbocycles. The third-order valence-electron chi connectivity index (χ3n) is 4.45. The van der Waals surface area contributed by atoms with Crippen LogP contribution in [-0.4, -0.2) is 67.3 Å². The maximum atomic E-state index is 12.7. The van der Waals surface area contributed by atoms with Crippen molar-refractivity contribution in [1.82, 2.24) is 15.2 Å². The molecular formula is C17H25N5O3. The number of amides is 3. The first kappa shape index (κ1) is 17.5. The summed E-state index contributed by atoms with van der Waals surface area (Å²) in [4.78, 5) is 32.2. The van der Waals surface area contributed by atoms with Gasteiger partial charge in [-0.25, -0.2) is 9.78 Å². The predicted molar refractivity (Wildman–Crippen MR) is 94.7 cm³/mol. The zero-order valence-electron chi connectivity index (χ0n) is 14.5. The molecule has 0 saturated carbocycles. The summed E-state index contributed by atoms with van der Waals surface area (Å²) in [7, 11) is 0. The van der Waals surface area contributed by atoms with Crippen molar-refractivity contribution in [2.45, 2.75) is 25.8 Å². The van der Waals surface area contributed by atoms with E-state index in [1.165, 1.54) is 6.92 Å². The highest BCUT2D eigenvalue weighted by atomic mass is 16.5. The van der Waals surface area contributed by atoms with Gasteiger partial charge in [0.25, 0.3) is 0 Å². The number of urea groups is 1. The van der Waals surface area contributed by atoms with Crippen molar-refractivity contribution in [3.63, 3.8) is 0 Å². The molecule has 2 saturated heterocycles. The van der Waals surface area contributed by atoms with Crippen LogP contribution < -0.4 is 15.5 Å². The van der Waals surface area contributed by atoms with Crippen LogP contribution in [-0.2, 0) is 9.53 Å². The lowest BCUT2D eigenvalue weighted by molar-refractivity contribution is -0.119. The lowest BCUT2D eigenvalue weighted by Gasteiger charge is -2.34. The molecule has 136 valence electrons. The van der Waals surface area contributed by atoms with Gasteiger partial charge in [-0.1, -0.05) is 0 Å². The number of piperidine rings is 1. The van der Waals surface area contributed by atoms with Gasteiger partial charge in [0.2, 0.25) is 5.91 Å². The minimum Gasteiger partial charge on any atom is -0.378 e. The summed E-state index contributed by atoms with van der Waals surface area (Å²) < 4.78 is 5.38. The fraction of sp³-hybridized carbons (Fsp3) is 0.588. The number of pyridine rings is 1. The van der Waals surface area contributed by atoms with Crippen molar-refractivity contribution < 1.29 is 14.3 Å². The molecule has 2 fully saturated rings. The van der Waals surface area contributed by atoms with Gasteiger partial charge in [0.1, 0.15) is 0 Å². The molecule has 1 aromatic heterocycles. The minimum atomic E-state index is -0.155. The highest BCUT2D eigenvalue weighted by molar-refractivity contribution is 5.92. The Morgan fingerprint density at radius 1 is 1.28 bits per heavy atom. The third-order valence-corrected chi connectivity index (χ3v) is 4.45. The Bertz CT molecular complexity index is 618. The van der Waals surface area contributed by atoms with Gasteiger partial charge in [0, 0.05) is 45.3 Å². The molecule has 8 nitrogen and oxygen atoms in total. The van der Waals surface area contributed by atoms with Crippen LogP contribution in [0.1, 0.15) is 19.8 Å². The van der Waals surface area contributed by atoms with E-state index >= 15 is 0 Å². The number of morpholine rings is 1. The molecular weight excluding hydrogens is 322 g/mol. The van der Waals surface area contributed by atoms with Crippen LogP contribution in [0, 0.1) is 0 Å². The van der Waals surface area contributed by atoms with Crippen LogP contribution in [0.3, 0.4) is 0 Å². The van der Waals surface area contributed by atoms with E-state index in [2.05, 4.69) is 20.5 Å². The predicted octanol–water partition coefficient (Wildman–Crippen LogP) is 1.05. The summed E-state index contributed by atoms with van der Waals surface area (Å²) >= 11 is 0. The van der Waals surface area contributed by atoms with Gasteiger partial charge in [0.15, 0.2) is 5.82 Å². The van der Waals surface area contributed by atoms with Crippen molar-refractivity contribution in [1.29, 1.82) is 0 Å². The molecule has 0 radical (unpaired) electrons. The van der Waals surface area contributed by atoms with Crippen molar-refractivity contribution in [2.24, 2.45) is 0 Å². The van der Waals surface area contributed by atoms with E-state index in [1.54, 1.807) is 11.1 Å². The molecule has 2 aliphatic heterocycles. The molecule has 3 amide bonds. The van der Waals surface area contributed by atoms with Crippen LogP contribution in [0.15, 0.2) is 18.3 Å². The van der Waals surface area contributed by atoms with Crippen molar-refractivity contribution in [3.05, 3.63) is 18.3 Å². The first-order chi connectivity index (χ1) is 12.1. The number of carbonyl (C=O) groups is 2. The molecule has 1 aromatic rings. The number of hydrogen-bond acceptors (Lipinski definition) is 5. The lowest BCUT2D eigenvalue weighted by atomic mass is 10.1. The molecule has 1 atom stereocenters. The molecule has 0 spiro atoms. The quantitative estimate of drug-likeness (QED) is 0.853. The Kier molecular flexibility index (Phi) is 5.70. The summed E-state index contributed by atoms with van der Waals surface area (Å²) in [5.41, 5.74) is 0.705. The van der Waals surface area contributed by atoms with E-state index in [9.17, 15) is 9.59 Å². The number of likely N-dealkylation sites (tertiary alicyclic amines) is 1. The summed E-state index contributed by atoms with van der Waals surface area (Å²) in [6, 6.07) is 3.54. The SMILES string of the molecule is CC(=O)N[C@H]1CCCN(C(=O)Nc2cccnc2N2CCOCC2)C1. The smallest absolute Gasteiger partial charge is 0.322 e. The van der Waals surface area contributed by atoms with Gasteiger partial charge >= 0.3 is 6.03 Å². The molecule has 8 heteroatoms. The second kappa shape index (κ2) is 8.15. The van der Waals surface area contributed by atoms with Gasteiger partial charge in [-0.3, -0.25) is 4.79 Å². The Labute approximate surface area is 147 Å². The number of hydrogen-bond donors (Lipinski definition) is 2. The fourth-order valence-corrected chi connectivity index (χ4v) is 3.28. The largest absolute Gasteiger partial charge is 0.378 e. The Balaban J connectivity index is 1.65. The maximum Gasteiger partial charge on any atom is 0.322 e. The summed E-state index contributed by atoms with van der Waals surface area (Å²) in [6.45, 7) is 5.56. The highest BCUT2D eigenvalue weighted by Crippen LogP contribution is 2.24. The van der Waals surface area contributed by atoms with Crippen molar-refractivity contribution in [3.8, 4) is 0 Å². The van der Waals surface area contributed by atoms with E-state index < -0.39 is 0 Å². The summed E-state index contributed by atoms with van der Waals surface area (Å²) in [6.07, 6.45) is 3.51. The molecule has 3 rings (SSSR count). The average Bonchev–Trinajstić information content (AvgIpc) is 2.62. The second-order valence-corrected chi connectivity index (χ2v) is 6.39. The van der Waals surface area contributed by atoms with Gasteiger partial charge in [-0.05, 0) is 25.0 Å². The van der Waals surface area contributed by atoms with Gasteiger partial charge in [-0.15, -0.1) is 0 Å². The van der Waals surface area contributed by atoms with Gasteiger partial charge in [-0.2, -0.15) is 0 Å². The minimum absolute atomic E-state index is 0.0182. The van der Waals surface area contributed by atoms with Gasteiger partial charge < -0.3 is 25.2 Å². The fourth-order valence-electron chi connectivity index (χ4n) is 3.28. The molecule has 2 N–H and O–H groups in total. The Morgan fingerprint density at radius 3 is 2.84 bits per heavy atom. The number of aromatic nitrogens is 1. The monoisotopic (exact) mass is 347 g/mol. The van der Waals surface area contributed by atoms with E-state index in [0.29, 0.717) is 32.0 Å². The van der Waals surface area contributed by atoms with Crippen LogP contribution in [0.4, 0.5) is 16.3 Å². The number of carbonyl (C=O) groups excluding carboxylic acids is 2. The zero-order chi connectivity index (χ0) is 17.6. The lowest BCUT2D eigenvalue weighted by Crippen LogP contribution is -2.50. The van der Waals surface area contributed by atoms with Crippen molar-refractivity contribution >= 4 is 23.4 Å². The molecule has 25 heavy (non-hydrogen) atoms. The Hall–Kier alpha value is -2.35. The molecule has 2 aliphatic rings. The molecule has 0 aliphatic carbocycles. The molecule has 3 heterocycles. The first-order valence-corrected chi connectivity index (χ1v) is 8.74. The number of rotatable bonds is 3. The Morgan fingerprint density at radius 2 is 2.08 bits per heavy atom.